The monoisotopic (exact) mass is 325 g/mol. The molecule has 0 aliphatic carbocycles. The molecule has 10 nitrogen and oxygen atoms in total. The smallest absolute Gasteiger partial charge is 0.443 e. The topological polar surface area (TPSA) is 146 Å². The highest BCUT2D eigenvalue weighted by molar-refractivity contribution is 5.66. The van der Waals surface area contributed by atoms with Crippen LogP contribution in [0.2, 0.25) is 0 Å². The van der Waals surface area contributed by atoms with E-state index >= 15 is 0 Å². The van der Waals surface area contributed by atoms with Crippen LogP contribution in [0.15, 0.2) is 47.5 Å². The number of nitrogens with zero attached hydrogens (tertiary/aromatic N) is 6. The van der Waals surface area contributed by atoms with Crippen LogP contribution in [0, 0.1) is 21.4 Å². The molecule has 0 radical (unpaired) electrons. The van der Waals surface area contributed by atoms with E-state index in [0.717, 1.165) is 10.4 Å². The summed E-state index contributed by atoms with van der Waals surface area (Å²) in [6.45, 7) is 1.61. The van der Waals surface area contributed by atoms with Gasteiger partial charge in [0.25, 0.3) is 0 Å². The van der Waals surface area contributed by atoms with Gasteiger partial charge in [-0.15, -0.1) is 0 Å². The molecule has 1 aliphatic heterocycles. The van der Waals surface area contributed by atoms with Crippen LogP contribution in [0.4, 0.5) is 5.95 Å². The fraction of sp³-hybridized carbons (Fsp3) is 0.143. The molecule has 2 aromatic rings. The SMILES string of the molecule is CC1=C(n2nnc([N+](=O)[O-])n2)[C@@H](c2ccccc2)C(C#N)=C(N)O1. The molecule has 120 valence electrons. The summed E-state index contributed by atoms with van der Waals surface area (Å²) in [7, 11) is 0. The molecule has 0 saturated heterocycles. The maximum absolute atomic E-state index is 10.8. The van der Waals surface area contributed by atoms with Gasteiger partial charge in [0.2, 0.25) is 5.88 Å². The van der Waals surface area contributed by atoms with Gasteiger partial charge in [0.15, 0.2) is 0 Å². The van der Waals surface area contributed by atoms with E-state index in [1.54, 1.807) is 31.2 Å². The fourth-order valence-corrected chi connectivity index (χ4v) is 2.48. The van der Waals surface area contributed by atoms with Crippen LogP contribution in [-0.2, 0) is 4.74 Å². The second-order valence-corrected chi connectivity index (χ2v) is 4.91. The standard InChI is InChI=1S/C14H11N7O3/c1-8-12(20-18-14(17-19-20)21(22)23)11(9-5-3-2-4-6-9)10(7-15)13(16)24-8/h2-6,11H,16H2,1H3/t11-/m0/s1. The summed E-state index contributed by atoms with van der Waals surface area (Å²) >= 11 is 0. The van der Waals surface area contributed by atoms with Crippen LogP contribution in [0.25, 0.3) is 5.70 Å². The van der Waals surface area contributed by atoms with Crippen LogP contribution < -0.4 is 5.73 Å². The number of nitriles is 1. The Morgan fingerprint density at radius 3 is 2.71 bits per heavy atom. The number of hydrogen-bond donors (Lipinski definition) is 1. The number of nitrogens with two attached hydrogens (primary N) is 1. The van der Waals surface area contributed by atoms with Gasteiger partial charge in [-0.2, -0.15) is 5.26 Å². The second-order valence-electron chi connectivity index (χ2n) is 4.91. The maximum atomic E-state index is 10.8. The third-order valence-electron chi connectivity index (χ3n) is 3.49. The van der Waals surface area contributed by atoms with Gasteiger partial charge in [-0.05, 0) is 17.4 Å². The van der Waals surface area contributed by atoms with Crippen molar-refractivity contribution < 1.29 is 9.66 Å². The molecule has 0 amide bonds. The van der Waals surface area contributed by atoms with Crippen molar-refractivity contribution in [1.82, 2.24) is 20.2 Å². The average Bonchev–Trinajstić information content (AvgIpc) is 3.05. The van der Waals surface area contributed by atoms with E-state index in [1.165, 1.54) is 0 Å². The van der Waals surface area contributed by atoms with Gasteiger partial charge < -0.3 is 20.6 Å². The molecule has 2 heterocycles. The Balaban J connectivity index is 2.19. The lowest BCUT2D eigenvalue weighted by molar-refractivity contribution is -0.394. The quantitative estimate of drug-likeness (QED) is 0.655. The van der Waals surface area contributed by atoms with Crippen LogP contribution in [0.1, 0.15) is 18.4 Å². The minimum absolute atomic E-state index is 0.0257. The Kier molecular flexibility index (Phi) is 3.67. The van der Waals surface area contributed by atoms with Crippen molar-refractivity contribution in [2.75, 3.05) is 0 Å². The van der Waals surface area contributed by atoms with Gasteiger partial charge in [0, 0.05) is 0 Å². The third kappa shape index (κ3) is 2.44. The van der Waals surface area contributed by atoms with Crippen molar-refractivity contribution in [3.8, 4) is 6.07 Å². The minimum Gasteiger partial charge on any atom is -0.443 e. The van der Waals surface area contributed by atoms with Gasteiger partial charge in [0.1, 0.15) is 23.1 Å². The van der Waals surface area contributed by atoms with Crippen LogP contribution in [0.3, 0.4) is 0 Å². The molecule has 1 aromatic carbocycles. The van der Waals surface area contributed by atoms with E-state index in [2.05, 4.69) is 15.4 Å². The van der Waals surface area contributed by atoms with Gasteiger partial charge in [-0.1, -0.05) is 35.1 Å². The van der Waals surface area contributed by atoms with E-state index in [4.69, 9.17) is 10.5 Å². The molecule has 10 heteroatoms. The Morgan fingerprint density at radius 2 is 2.12 bits per heavy atom. The summed E-state index contributed by atoms with van der Waals surface area (Å²) in [6, 6.07) is 11.1. The third-order valence-corrected chi connectivity index (χ3v) is 3.49. The predicted molar refractivity (Wildman–Crippen MR) is 80.5 cm³/mol. The summed E-state index contributed by atoms with van der Waals surface area (Å²) in [5, 5.41) is 31.1. The number of benzene rings is 1. The van der Waals surface area contributed by atoms with E-state index < -0.39 is 16.8 Å². The first kappa shape index (κ1) is 15.2. The lowest BCUT2D eigenvalue weighted by atomic mass is 9.87. The number of aromatic nitrogens is 4. The number of nitro groups is 1. The summed E-state index contributed by atoms with van der Waals surface area (Å²) < 4.78 is 5.39. The fourth-order valence-electron chi connectivity index (χ4n) is 2.48. The molecule has 1 aromatic heterocycles. The molecule has 24 heavy (non-hydrogen) atoms. The second kappa shape index (κ2) is 5.81. The molecule has 0 saturated carbocycles. The van der Waals surface area contributed by atoms with Crippen molar-refractivity contribution in [3.05, 3.63) is 63.2 Å². The van der Waals surface area contributed by atoms with Gasteiger partial charge in [0.05, 0.1) is 21.3 Å². The van der Waals surface area contributed by atoms with Crippen molar-refractivity contribution in [2.24, 2.45) is 5.73 Å². The lowest BCUT2D eigenvalue weighted by Crippen LogP contribution is -2.23. The molecule has 1 aliphatic rings. The highest BCUT2D eigenvalue weighted by atomic mass is 16.6. The minimum atomic E-state index is -0.754. The Labute approximate surface area is 135 Å². The number of hydrogen-bond acceptors (Lipinski definition) is 8. The number of allylic oxidation sites excluding steroid dienone is 3. The van der Waals surface area contributed by atoms with Crippen LogP contribution in [-0.4, -0.2) is 25.1 Å². The van der Waals surface area contributed by atoms with E-state index in [9.17, 15) is 15.4 Å². The molecule has 0 fully saturated rings. The zero-order chi connectivity index (χ0) is 17.3. The summed E-state index contributed by atoms with van der Waals surface area (Å²) in [5.74, 6) is -0.975. The molecule has 0 spiro atoms. The van der Waals surface area contributed by atoms with Crippen molar-refractivity contribution in [3.63, 3.8) is 0 Å². The summed E-state index contributed by atoms with van der Waals surface area (Å²) in [5.41, 5.74) is 7.08. The Bertz CT molecular complexity index is 908. The molecule has 3 rings (SSSR count). The van der Waals surface area contributed by atoms with Crippen LogP contribution >= 0.6 is 0 Å². The summed E-state index contributed by atoms with van der Waals surface area (Å²) in [6.07, 6.45) is 0. The lowest BCUT2D eigenvalue weighted by Gasteiger charge is -2.25. The average molecular weight is 325 g/mol. The predicted octanol–water partition coefficient (Wildman–Crippen LogP) is 1.28. The highest BCUT2D eigenvalue weighted by Gasteiger charge is 2.36. The largest absolute Gasteiger partial charge is 0.515 e. The molecule has 0 bridgehead atoms. The first-order chi connectivity index (χ1) is 11.5. The first-order valence-corrected chi connectivity index (χ1v) is 6.81. The number of tetrazole rings is 1. The molecule has 2 N–H and O–H groups in total. The Hall–Kier alpha value is -3.74. The first-order valence-electron chi connectivity index (χ1n) is 6.81. The van der Waals surface area contributed by atoms with Gasteiger partial charge >= 0.3 is 5.95 Å². The molecule has 1 atom stereocenters. The van der Waals surface area contributed by atoms with Gasteiger partial charge in [-0.25, -0.2) is 0 Å². The maximum Gasteiger partial charge on any atom is 0.515 e. The zero-order valence-electron chi connectivity index (χ0n) is 12.4. The summed E-state index contributed by atoms with van der Waals surface area (Å²) in [4.78, 5) is 11.0. The number of ether oxygens (including phenoxy) is 1. The van der Waals surface area contributed by atoms with Crippen molar-refractivity contribution in [1.29, 1.82) is 5.26 Å². The van der Waals surface area contributed by atoms with Crippen molar-refractivity contribution >= 4 is 11.6 Å². The van der Waals surface area contributed by atoms with E-state index in [1.807, 2.05) is 12.1 Å². The van der Waals surface area contributed by atoms with Crippen molar-refractivity contribution in [2.45, 2.75) is 12.8 Å². The normalized spacial score (nSPS) is 17.4. The van der Waals surface area contributed by atoms with E-state index in [-0.39, 0.29) is 11.5 Å². The number of rotatable bonds is 3. The highest BCUT2D eigenvalue weighted by Crippen LogP contribution is 2.40. The molecular weight excluding hydrogens is 314 g/mol. The zero-order valence-corrected chi connectivity index (χ0v) is 12.4. The van der Waals surface area contributed by atoms with Gasteiger partial charge in [-0.3, -0.25) is 0 Å². The van der Waals surface area contributed by atoms with E-state index in [0.29, 0.717) is 11.5 Å². The Morgan fingerprint density at radius 1 is 1.42 bits per heavy atom. The molecule has 0 unspecified atom stereocenters. The molecular formula is C14H11N7O3. The van der Waals surface area contributed by atoms with Crippen LogP contribution in [0.5, 0.6) is 0 Å².